The SMILES string of the molecule is Cc1cn(CCC(=O)N/N=C/c2ccc3nnccc3c2)c2ccccc12. The van der Waals surface area contributed by atoms with Gasteiger partial charge in [0.15, 0.2) is 0 Å². The third-order valence-electron chi connectivity index (χ3n) is 4.51. The number of carbonyl (C=O) groups excluding carboxylic acids is 1. The number of carbonyl (C=O) groups is 1. The number of amides is 1. The lowest BCUT2D eigenvalue weighted by Gasteiger charge is -2.04. The Labute approximate surface area is 156 Å². The second-order valence-electron chi connectivity index (χ2n) is 6.42. The number of aryl methyl sites for hydroxylation is 2. The lowest BCUT2D eigenvalue weighted by atomic mass is 10.1. The summed E-state index contributed by atoms with van der Waals surface area (Å²) < 4.78 is 2.11. The molecule has 134 valence electrons. The van der Waals surface area contributed by atoms with E-state index in [1.165, 1.54) is 10.9 Å². The number of hydrogen-bond acceptors (Lipinski definition) is 4. The number of benzene rings is 2. The minimum Gasteiger partial charge on any atom is -0.347 e. The van der Waals surface area contributed by atoms with Gasteiger partial charge in [0, 0.05) is 35.5 Å². The highest BCUT2D eigenvalue weighted by Gasteiger charge is 2.06. The Morgan fingerprint density at radius 2 is 2.11 bits per heavy atom. The lowest BCUT2D eigenvalue weighted by Crippen LogP contribution is -2.19. The third-order valence-corrected chi connectivity index (χ3v) is 4.51. The van der Waals surface area contributed by atoms with Crippen LogP contribution in [0, 0.1) is 6.92 Å². The van der Waals surface area contributed by atoms with Crippen LogP contribution in [0.5, 0.6) is 0 Å². The first-order chi connectivity index (χ1) is 13.2. The summed E-state index contributed by atoms with van der Waals surface area (Å²) in [4.78, 5) is 12.1. The highest BCUT2D eigenvalue weighted by atomic mass is 16.2. The van der Waals surface area contributed by atoms with Crippen LogP contribution in [0.15, 0.2) is 66.0 Å². The zero-order valence-corrected chi connectivity index (χ0v) is 15.0. The van der Waals surface area contributed by atoms with Gasteiger partial charge in [-0.05, 0) is 42.3 Å². The highest BCUT2D eigenvalue weighted by Crippen LogP contribution is 2.20. The van der Waals surface area contributed by atoms with E-state index in [0.29, 0.717) is 13.0 Å². The van der Waals surface area contributed by atoms with E-state index in [9.17, 15) is 4.79 Å². The molecule has 4 aromatic rings. The molecule has 0 saturated heterocycles. The predicted molar refractivity (Wildman–Crippen MR) is 107 cm³/mol. The molecule has 0 bridgehead atoms. The van der Waals surface area contributed by atoms with E-state index in [0.717, 1.165) is 22.0 Å². The topological polar surface area (TPSA) is 72.2 Å². The van der Waals surface area contributed by atoms with Crippen molar-refractivity contribution in [1.82, 2.24) is 20.2 Å². The molecule has 6 nitrogen and oxygen atoms in total. The number of hydrazone groups is 1. The molecule has 1 N–H and O–H groups in total. The van der Waals surface area contributed by atoms with Crippen molar-refractivity contribution in [1.29, 1.82) is 0 Å². The number of fused-ring (bicyclic) bond motifs is 2. The van der Waals surface area contributed by atoms with Crippen LogP contribution >= 0.6 is 0 Å². The van der Waals surface area contributed by atoms with Crippen LogP contribution in [-0.4, -0.2) is 26.9 Å². The molecule has 0 radical (unpaired) electrons. The summed E-state index contributed by atoms with van der Waals surface area (Å²) >= 11 is 0. The zero-order chi connectivity index (χ0) is 18.6. The number of nitrogens with one attached hydrogen (secondary N) is 1. The summed E-state index contributed by atoms with van der Waals surface area (Å²) in [5, 5.41) is 14.2. The number of para-hydroxylation sites is 1. The zero-order valence-electron chi connectivity index (χ0n) is 15.0. The van der Waals surface area contributed by atoms with Gasteiger partial charge < -0.3 is 4.57 Å². The van der Waals surface area contributed by atoms with E-state index < -0.39 is 0 Å². The molecule has 0 atom stereocenters. The minimum atomic E-state index is -0.117. The molecule has 2 heterocycles. The first kappa shape index (κ1) is 16.9. The monoisotopic (exact) mass is 357 g/mol. The Kier molecular flexibility index (Phi) is 4.61. The first-order valence-electron chi connectivity index (χ1n) is 8.78. The van der Waals surface area contributed by atoms with Crippen molar-refractivity contribution in [3.05, 3.63) is 72.1 Å². The Morgan fingerprint density at radius 3 is 3.04 bits per heavy atom. The Balaban J connectivity index is 1.36. The normalized spacial score (nSPS) is 11.4. The summed E-state index contributed by atoms with van der Waals surface area (Å²) in [7, 11) is 0. The summed E-state index contributed by atoms with van der Waals surface area (Å²) in [6.07, 6.45) is 5.73. The lowest BCUT2D eigenvalue weighted by molar-refractivity contribution is -0.121. The van der Waals surface area contributed by atoms with Crippen molar-refractivity contribution in [2.75, 3.05) is 0 Å². The average molecular weight is 357 g/mol. The smallest absolute Gasteiger partial charge is 0.241 e. The summed E-state index contributed by atoms with van der Waals surface area (Å²) in [6.45, 7) is 2.70. The van der Waals surface area contributed by atoms with Gasteiger partial charge in [0.25, 0.3) is 0 Å². The van der Waals surface area contributed by atoms with Crippen molar-refractivity contribution < 1.29 is 4.79 Å². The van der Waals surface area contributed by atoms with Gasteiger partial charge in [0.1, 0.15) is 0 Å². The first-order valence-corrected chi connectivity index (χ1v) is 8.78. The van der Waals surface area contributed by atoms with Crippen molar-refractivity contribution in [2.45, 2.75) is 19.9 Å². The van der Waals surface area contributed by atoms with Crippen molar-refractivity contribution in [2.24, 2.45) is 5.10 Å². The van der Waals surface area contributed by atoms with Gasteiger partial charge in [-0.1, -0.05) is 24.3 Å². The van der Waals surface area contributed by atoms with Gasteiger partial charge in [-0.25, -0.2) is 5.43 Å². The molecule has 0 aliphatic rings. The molecule has 0 aliphatic heterocycles. The molecule has 6 heteroatoms. The van der Waals surface area contributed by atoms with Crippen LogP contribution in [0.25, 0.3) is 21.8 Å². The van der Waals surface area contributed by atoms with Gasteiger partial charge in [0.05, 0.1) is 17.9 Å². The standard InChI is InChI=1S/C21H19N5O/c1-15-14-26(20-5-3-2-4-18(15)20)11-9-21(27)25-23-13-16-6-7-19-17(12-16)8-10-22-24-19/h2-8,10,12-14H,9,11H2,1H3,(H,25,27)/b23-13+. The maximum Gasteiger partial charge on any atom is 0.241 e. The Hall–Kier alpha value is -3.54. The number of rotatable bonds is 5. The molecule has 2 aromatic carbocycles. The average Bonchev–Trinajstić information content (AvgIpc) is 3.02. The molecule has 0 unspecified atom stereocenters. The fourth-order valence-electron chi connectivity index (χ4n) is 3.16. The number of aromatic nitrogens is 3. The summed E-state index contributed by atoms with van der Waals surface area (Å²) in [5.74, 6) is -0.117. The Morgan fingerprint density at radius 1 is 1.22 bits per heavy atom. The molecular weight excluding hydrogens is 338 g/mol. The number of nitrogens with zero attached hydrogens (tertiary/aromatic N) is 4. The molecular formula is C21H19N5O. The van der Waals surface area contributed by atoms with E-state index in [2.05, 4.69) is 50.5 Å². The number of hydrogen-bond donors (Lipinski definition) is 1. The van der Waals surface area contributed by atoms with Crippen LogP contribution in [0.2, 0.25) is 0 Å². The fourth-order valence-corrected chi connectivity index (χ4v) is 3.16. The maximum atomic E-state index is 12.1. The largest absolute Gasteiger partial charge is 0.347 e. The van der Waals surface area contributed by atoms with Crippen molar-refractivity contribution in [3.8, 4) is 0 Å². The van der Waals surface area contributed by atoms with Gasteiger partial charge in [-0.3, -0.25) is 4.79 Å². The molecule has 4 rings (SSSR count). The van der Waals surface area contributed by atoms with E-state index in [-0.39, 0.29) is 5.91 Å². The molecule has 27 heavy (non-hydrogen) atoms. The van der Waals surface area contributed by atoms with Crippen LogP contribution in [0.4, 0.5) is 0 Å². The molecule has 0 spiro atoms. The van der Waals surface area contributed by atoms with Gasteiger partial charge in [-0.2, -0.15) is 15.3 Å². The van der Waals surface area contributed by atoms with Crippen LogP contribution in [0.3, 0.4) is 0 Å². The minimum absolute atomic E-state index is 0.117. The molecule has 1 amide bonds. The van der Waals surface area contributed by atoms with Gasteiger partial charge in [0.2, 0.25) is 5.91 Å². The van der Waals surface area contributed by atoms with E-state index in [1.54, 1.807) is 12.4 Å². The molecule has 0 aliphatic carbocycles. The highest BCUT2D eigenvalue weighted by molar-refractivity contribution is 5.89. The third kappa shape index (κ3) is 3.69. The summed E-state index contributed by atoms with van der Waals surface area (Å²) in [5.41, 5.74) is 6.67. The van der Waals surface area contributed by atoms with E-state index in [1.807, 2.05) is 36.4 Å². The van der Waals surface area contributed by atoms with Crippen LogP contribution in [-0.2, 0) is 11.3 Å². The van der Waals surface area contributed by atoms with E-state index in [4.69, 9.17) is 0 Å². The summed E-state index contributed by atoms with van der Waals surface area (Å²) in [6, 6.07) is 15.8. The predicted octanol–water partition coefficient (Wildman–Crippen LogP) is 3.43. The van der Waals surface area contributed by atoms with Crippen LogP contribution in [0.1, 0.15) is 17.5 Å². The second-order valence-corrected chi connectivity index (χ2v) is 6.42. The van der Waals surface area contributed by atoms with Crippen LogP contribution < -0.4 is 5.43 Å². The van der Waals surface area contributed by atoms with Gasteiger partial charge in [-0.15, -0.1) is 0 Å². The molecule has 0 saturated carbocycles. The van der Waals surface area contributed by atoms with Gasteiger partial charge >= 0.3 is 0 Å². The van der Waals surface area contributed by atoms with Crippen molar-refractivity contribution in [3.63, 3.8) is 0 Å². The molecule has 2 aromatic heterocycles. The quantitative estimate of drug-likeness (QED) is 0.439. The van der Waals surface area contributed by atoms with Crippen molar-refractivity contribution >= 4 is 33.9 Å². The Bertz CT molecular complexity index is 1150. The second kappa shape index (κ2) is 7.37. The van der Waals surface area contributed by atoms with E-state index >= 15 is 0 Å². The maximum absolute atomic E-state index is 12.1. The fraction of sp³-hybridized carbons (Fsp3) is 0.143. The molecule has 0 fully saturated rings.